The second-order valence-corrected chi connectivity index (χ2v) is 8.12. The largest absolute Gasteiger partial charge is 0.494 e. The topological polar surface area (TPSA) is 58.6 Å². The number of anilines is 2. The highest BCUT2D eigenvalue weighted by Gasteiger charge is 2.40. The predicted molar refractivity (Wildman–Crippen MR) is 132 cm³/mol. The summed E-state index contributed by atoms with van der Waals surface area (Å²) in [4.78, 5) is 28.5. The first-order chi connectivity index (χ1) is 15.9. The minimum absolute atomic E-state index is 0.264. The summed E-state index contributed by atoms with van der Waals surface area (Å²) in [5.41, 5.74) is 5.81. The van der Waals surface area contributed by atoms with Crippen LogP contribution in [0.1, 0.15) is 36.1 Å². The Morgan fingerprint density at radius 1 is 0.879 bits per heavy atom. The van der Waals surface area contributed by atoms with Gasteiger partial charge in [0.2, 0.25) is 0 Å². The van der Waals surface area contributed by atoms with Gasteiger partial charge in [-0.05, 0) is 68.1 Å². The van der Waals surface area contributed by atoms with Crippen LogP contribution in [0.15, 0.2) is 72.4 Å². The number of aryl methyl sites for hydroxylation is 3. The Labute approximate surface area is 194 Å². The Morgan fingerprint density at radius 3 is 2.30 bits per heavy atom. The number of nitrogens with one attached hydrogen (secondary N) is 1. The molecule has 4 rings (SSSR count). The molecule has 0 atom stereocenters. The SMILES string of the molecule is CCOc1cccc(NC2=C(c3ccc(C)cc3C)C(=O)N(c3ccc(CC)cc3)C2=O)c1. The monoisotopic (exact) mass is 440 g/mol. The van der Waals surface area contributed by atoms with Crippen LogP contribution in [0.25, 0.3) is 5.57 Å². The van der Waals surface area contributed by atoms with Gasteiger partial charge in [0, 0.05) is 11.8 Å². The third kappa shape index (κ3) is 4.40. The van der Waals surface area contributed by atoms with E-state index in [1.807, 2.05) is 87.5 Å². The van der Waals surface area contributed by atoms with Crippen LogP contribution in [0.2, 0.25) is 0 Å². The molecule has 0 aromatic heterocycles. The van der Waals surface area contributed by atoms with Crippen molar-refractivity contribution in [2.75, 3.05) is 16.8 Å². The Hall–Kier alpha value is -3.86. The number of ether oxygens (including phenoxy) is 1. The zero-order chi connectivity index (χ0) is 23.5. The second-order valence-electron chi connectivity index (χ2n) is 8.12. The van der Waals surface area contributed by atoms with E-state index in [0.29, 0.717) is 29.3 Å². The van der Waals surface area contributed by atoms with E-state index in [0.717, 1.165) is 28.7 Å². The van der Waals surface area contributed by atoms with Crippen molar-refractivity contribution in [3.63, 3.8) is 0 Å². The minimum Gasteiger partial charge on any atom is -0.494 e. The number of imide groups is 1. The number of nitrogens with zero attached hydrogens (tertiary/aromatic N) is 1. The van der Waals surface area contributed by atoms with Crippen LogP contribution in [0.4, 0.5) is 11.4 Å². The third-order valence-electron chi connectivity index (χ3n) is 5.75. The summed E-state index contributed by atoms with van der Waals surface area (Å²) in [6.07, 6.45) is 0.886. The Balaban J connectivity index is 1.81. The van der Waals surface area contributed by atoms with Crippen LogP contribution in [0.3, 0.4) is 0 Å². The van der Waals surface area contributed by atoms with E-state index in [9.17, 15) is 9.59 Å². The first-order valence-corrected chi connectivity index (χ1v) is 11.2. The fraction of sp³-hybridized carbons (Fsp3) is 0.214. The summed E-state index contributed by atoms with van der Waals surface area (Å²) in [6, 6.07) is 20.8. The van der Waals surface area contributed by atoms with E-state index < -0.39 is 0 Å². The molecule has 0 radical (unpaired) electrons. The first kappa shape index (κ1) is 22.3. The molecule has 2 amide bonds. The molecular weight excluding hydrogens is 412 g/mol. The van der Waals surface area contributed by atoms with Crippen molar-refractivity contribution in [3.05, 3.63) is 94.7 Å². The minimum atomic E-state index is -0.374. The zero-order valence-corrected chi connectivity index (χ0v) is 19.4. The van der Waals surface area contributed by atoms with Gasteiger partial charge < -0.3 is 10.1 Å². The molecule has 1 aliphatic rings. The molecular formula is C28H28N2O3. The van der Waals surface area contributed by atoms with Crippen LogP contribution in [0, 0.1) is 13.8 Å². The second kappa shape index (κ2) is 9.33. The average molecular weight is 441 g/mol. The molecule has 5 heteroatoms. The normalized spacial score (nSPS) is 13.6. The molecule has 0 aliphatic carbocycles. The molecule has 0 bridgehead atoms. The van der Waals surface area contributed by atoms with Gasteiger partial charge in [0.1, 0.15) is 11.4 Å². The fourth-order valence-electron chi connectivity index (χ4n) is 4.08. The molecule has 0 unspecified atom stereocenters. The van der Waals surface area contributed by atoms with Crippen molar-refractivity contribution in [3.8, 4) is 5.75 Å². The molecule has 3 aromatic rings. The average Bonchev–Trinajstić information content (AvgIpc) is 3.04. The molecule has 5 nitrogen and oxygen atoms in total. The van der Waals surface area contributed by atoms with Crippen molar-refractivity contribution in [1.29, 1.82) is 0 Å². The summed E-state index contributed by atoms with van der Waals surface area (Å²) < 4.78 is 5.60. The molecule has 0 spiro atoms. The molecule has 33 heavy (non-hydrogen) atoms. The summed E-state index contributed by atoms with van der Waals surface area (Å²) in [6.45, 7) is 8.49. The summed E-state index contributed by atoms with van der Waals surface area (Å²) in [5, 5.41) is 3.22. The smallest absolute Gasteiger partial charge is 0.282 e. The van der Waals surface area contributed by atoms with Crippen molar-refractivity contribution in [1.82, 2.24) is 0 Å². The number of hydrogen-bond donors (Lipinski definition) is 1. The number of hydrogen-bond acceptors (Lipinski definition) is 4. The molecule has 0 saturated heterocycles. The van der Waals surface area contributed by atoms with E-state index in [-0.39, 0.29) is 17.5 Å². The van der Waals surface area contributed by atoms with Gasteiger partial charge in [-0.3, -0.25) is 9.59 Å². The van der Waals surface area contributed by atoms with Gasteiger partial charge in [0.05, 0.1) is 17.9 Å². The van der Waals surface area contributed by atoms with Crippen LogP contribution >= 0.6 is 0 Å². The number of amides is 2. The fourth-order valence-corrected chi connectivity index (χ4v) is 4.08. The predicted octanol–water partition coefficient (Wildman–Crippen LogP) is 5.66. The molecule has 168 valence electrons. The van der Waals surface area contributed by atoms with Gasteiger partial charge in [-0.15, -0.1) is 0 Å². The van der Waals surface area contributed by atoms with Gasteiger partial charge >= 0.3 is 0 Å². The molecule has 1 aliphatic heterocycles. The first-order valence-electron chi connectivity index (χ1n) is 11.2. The highest BCUT2D eigenvalue weighted by molar-refractivity contribution is 6.46. The van der Waals surface area contributed by atoms with E-state index in [4.69, 9.17) is 4.74 Å². The van der Waals surface area contributed by atoms with Crippen LogP contribution < -0.4 is 15.0 Å². The van der Waals surface area contributed by atoms with Crippen molar-refractivity contribution >= 4 is 28.8 Å². The van der Waals surface area contributed by atoms with Crippen LogP contribution in [-0.2, 0) is 16.0 Å². The Kier molecular flexibility index (Phi) is 6.31. The maximum Gasteiger partial charge on any atom is 0.282 e. The maximum absolute atomic E-state index is 13.7. The highest BCUT2D eigenvalue weighted by atomic mass is 16.5. The van der Waals surface area contributed by atoms with Crippen LogP contribution in [0.5, 0.6) is 5.75 Å². The molecule has 0 saturated carbocycles. The van der Waals surface area contributed by atoms with Gasteiger partial charge in [0.25, 0.3) is 11.8 Å². The summed E-state index contributed by atoms with van der Waals surface area (Å²) in [7, 11) is 0. The van der Waals surface area contributed by atoms with Gasteiger partial charge in [-0.1, -0.05) is 48.9 Å². The maximum atomic E-state index is 13.7. The van der Waals surface area contributed by atoms with E-state index in [1.165, 1.54) is 4.90 Å². The lowest BCUT2D eigenvalue weighted by Crippen LogP contribution is -2.32. The standard InChI is InChI=1S/C28H28N2O3/c1-5-20-11-13-22(14-12-20)30-27(31)25(24-15-10-18(3)16-19(24)4)26(28(30)32)29-21-8-7-9-23(17-21)33-6-2/h7-17,29H,5-6H2,1-4H3. The van der Waals surface area contributed by atoms with Crippen molar-refractivity contribution in [2.24, 2.45) is 0 Å². The zero-order valence-electron chi connectivity index (χ0n) is 19.4. The molecule has 1 heterocycles. The third-order valence-corrected chi connectivity index (χ3v) is 5.75. The van der Waals surface area contributed by atoms with Crippen molar-refractivity contribution < 1.29 is 14.3 Å². The van der Waals surface area contributed by atoms with E-state index in [2.05, 4.69) is 12.2 Å². The number of benzene rings is 3. The summed E-state index contributed by atoms with van der Waals surface area (Å²) >= 11 is 0. The lowest BCUT2D eigenvalue weighted by Gasteiger charge is -2.16. The quantitative estimate of drug-likeness (QED) is 0.482. The molecule has 0 fully saturated rings. The number of carbonyl (C=O) groups excluding carboxylic acids is 2. The van der Waals surface area contributed by atoms with Gasteiger partial charge in [0.15, 0.2) is 0 Å². The van der Waals surface area contributed by atoms with Gasteiger partial charge in [-0.2, -0.15) is 0 Å². The number of carbonyl (C=O) groups is 2. The number of rotatable bonds is 7. The lowest BCUT2D eigenvalue weighted by atomic mass is 9.97. The molecule has 3 aromatic carbocycles. The van der Waals surface area contributed by atoms with Crippen LogP contribution in [-0.4, -0.2) is 18.4 Å². The highest BCUT2D eigenvalue weighted by Crippen LogP contribution is 2.35. The molecule has 1 N–H and O–H groups in total. The van der Waals surface area contributed by atoms with Gasteiger partial charge in [-0.25, -0.2) is 4.90 Å². The van der Waals surface area contributed by atoms with E-state index >= 15 is 0 Å². The Bertz CT molecular complexity index is 1240. The summed E-state index contributed by atoms with van der Waals surface area (Å²) in [5.74, 6) is -0.0133. The Morgan fingerprint density at radius 2 is 1.64 bits per heavy atom. The van der Waals surface area contributed by atoms with E-state index in [1.54, 1.807) is 0 Å². The van der Waals surface area contributed by atoms with Crippen molar-refractivity contribution in [2.45, 2.75) is 34.1 Å². The lowest BCUT2D eigenvalue weighted by molar-refractivity contribution is -0.120.